The molecule has 1 atom stereocenters. The molecule has 0 heterocycles. The van der Waals surface area contributed by atoms with E-state index in [-0.39, 0.29) is 25.1 Å². The van der Waals surface area contributed by atoms with Gasteiger partial charge in [-0.25, -0.2) is 0 Å². The van der Waals surface area contributed by atoms with Crippen molar-refractivity contribution in [2.45, 2.75) is 31.3 Å². The van der Waals surface area contributed by atoms with Gasteiger partial charge in [-0.2, -0.15) is 0 Å². The minimum absolute atomic E-state index is 0.0112. The molecule has 0 spiro atoms. The van der Waals surface area contributed by atoms with E-state index in [2.05, 4.69) is 10.6 Å². The highest BCUT2D eigenvalue weighted by molar-refractivity contribution is 5.82. The van der Waals surface area contributed by atoms with Crippen LogP contribution < -0.4 is 10.6 Å². The Morgan fingerprint density at radius 1 is 1.50 bits per heavy atom. The molecule has 0 saturated heterocycles. The fourth-order valence-corrected chi connectivity index (χ4v) is 1.26. The number of hydrogen-bond acceptors (Lipinski definition) is 4. The normalized spacial score (nSPS) is 18.9. The number of amides is 1. The van der Waals surface area contributed by atoms with Crippen molar-refractivity contribution in [1.29, 1.82) is 0 Å². The van der Waals surface area contributed by atoms with E-state index in [9.17, 15) is 9.59 Å². The molecule has 1 aliphatic rings. The fourth-order valence-electron chi connectivity index (χ4n) is 1.26. The van der Waals surface area contributed by atoms with Crippen LogP contribution >= 0.6 is 0 Å². The third-order valence-corrected chi connectivity index (χ3v) is 2.49. The van der Waals surface area contributed by atoms with E-state index in [0.717, 1.165) is 12.8 Å². The first-order valence-corrected chi connectivity index (χ1v) is 5.24. The Balaban J connectivity index is 2.36. The van der Waals surface area contributed by atoms with E-state index in [1.807, 2.05) is 0 Å². The molecule has 3 N–H and O–H groups in total. The van der Waals surface area contributed by atoms with E-state index >= 15 is 0 Å². The van der Waals surface area contributed by atoms with Gasteiger partial charge in [0.25, 0.3) is 0 Å². The zero-order chi connectivity index (χ0) is 12.2. The first-order valence-electron chi connectivity index (χ1n) is 5.24. The number of nitrogens with one attached hydrogen (secondary N) is 2. The van der Waals surface area contributed by atoms with Crippen LogP contribution in [-0.2, 0) is 14.3 Å². The van der Waals surface area contributed by atoms with Crippen LogP contribution in [0.3, 0.4) is 0 Å². The Bertz CT molecular complexity index is 278. The van der Waals surface area contributed by atoms with Gasteiger partial charge in [0.05, 0.1) is 13.2 Å². The average Bonchev–Trinajstić information content (AvgIpc) is 2.99. The van der Waals surface area contributed by atoms with Gasteiger partial charge in [0, 0.05) is 13.2 Å². The summed E-state index contributed by atoms with van der Waals surface area (Å²) in [5.41, 5.74) is -1.23. The second kappa shape index (κ2) is 5.27. The SMILES string of the molecule is COCC(C)(NCC(=O)NC1CC1)C(=O)O. The molecule has 0 aromatic heterocycles. The van der Waals surface area contributed by atoms with Crippen molar-refractivity contribution >= 4 is 11.9 Å². The van der Waals surface area contributed by atoms with Gasteiger partial charge in [0.1, 0.15) is 5.54 Å². The highest BCUT2D eigenvalue weighted by atomic mass is 16.5. The first-order chi connectivity index (χ1) is 7.48. The Morgan fingerprint density at radius 2 is 2.12 bits per heavy atom. The standard InChI is InChI=1S/C10H18N2O4/c1-10(6-16-2,9(14)15)11-5-8(13)12-7-3-4-7/h7,11H,3-6H2,1-2H3,(H,12,13)(H,14,15). The predicted octanol–water partition coefficient (Wildman–Crippen LogP) is -0.656. The van der Waals surface area contributed by atoms with Crippen molar-refractivity contribution < 1.29 is 19.4 Å². The smallest absolute Gasteiger partial charge is 0.326 e. The van der Waals surface area contributed by atoms with Crippen LogP contribution in [0.4, 0.5) is 0 Å². The van der Waals surface area contributed by atoms with E-state index in [1.165, 1.54) is 14.0 Å². The van der Waals surface area contributed by atoms with E-state index in [4.69, 9.17) is 9.84 Å². The van der Waals surface area contributed by atoms with Crippen molar-refractivity contribution in [2.24, 2.45) is 0 Å². The lowest BCUT2D eigenvalue weighted by molar-refractivity contribution is -0.146. The largest absolute Gasteiger partial charge is 0.480 e. The van der Waals surface area contributed by atoms with Crippen LogP contribution in [-0.4, -0.2) is 48.8 Å². The van der Waals surface area contributed by atoms with Crippen LogP contribution in [0.15, 0.2) is 0 Å². The van der Waals surface area contributed by atoms with Crippen LogP contribution in [0, 0.1) is 0 Å². The molecular weight excluding hydrogens is 212 g/mol. The Morgan fingerprint density at radius 3 is 2.56 bits per heavy atom. The highest BCUT2D eigenvalue weighted by Gasteiger charge is 2.33. The van der Waals surface area contributed by atoms with Crippen LogP contribution in [0.5, 0.6) is 0 Å². The molecule has 0 bridgehead atoms. The molecule has 1 saturated carbocycles. The number of rotatable bonds is 7. The van der Waals surface area contributed by atoms with Gasteiger partial charge in [0.15, 0.2) is 0 Å². The van der Waals surface area contributed by atoms with Gasteiger partial charge >= 0.3 is 5.97 Å². The van der Waals surface area contributed by atoms with Crippen LogP contribution in [0.25, 0.3) is 0 Å². The molecule has 92 valence electrons. The average molecular weight is 230 g/mol. The van der Waals surface area contributed by atoms with Gasteiger partial charge < -0.3 is 15.2 Å². The third kappa shape index (κ3) is 3.79. The summed E-state index contributed by atoms with van der Waals surface area (Å²) in [5, 5.41) is 14.5. The van der Waals surface area contributed by atoms with E-state index in [1.54, 1.807) is 0 Å². The monoisotopic (exact) mass is 230 g/mol. The maximum Gasteiger partial charge on any atom is 0.326 e. The van der Waals surface area contributed by atoms with Gasteiger partial charge in [-0.1, -0.05) is 0 Å². The number of hydrogen-bond donors (Lipinski definition) is 3. The van der Waals surface area contributed by atoms with Gasteiger partial charge in [0.2, 0.25) is 5.91 Å². The Labute approximate surface area is 94.3 Å². The topological polar surface area (TPSA) is 87.7 Å². The summed E-state index contributed by atoms with van der Waals surface area (Å²) in [4.78, 5) is 22.3. The molecule has 6 heteroatoms. The van der Waals surface area contributed by atoms with Gasteiger partial charge in [-0.3, -0.25) is 14.9 Å². The Kier molecular flexibility index (Phi) is 4.26. The van der Waals surface area contributed by atoms with Crippen molar-refractivity contribution in [3.05, 3.63) is 0 Å². The molecule has 1 aliphatic carbocycles. The summed E-state index contributed by atoms with van der Waals surface area (Å²) in [5.74, 6) is -1.21. The number of carboxylic acid groups (broad SMARTS) is 1. The minimum atomic E-state index is -1.23. The van der Waals surface area contributed by atoms with Gasteiger partial charge in [-0.15, -0.1) is 0 Å². The molecule has 0 aromatic carbocycles. The van der Waals surface area contributed by atoms with Gasteiger partial charge in [-0.05, 0) is 19.8 Å². The summed E-state index contributed by atoms with van der Waals surface area (Å²) >= 11 is 0. The molecular formula is C10H18N2O4. The lowest BCUT2D eigenvalue weighted by Crippen LogP contribution is -2.55. The quantitative estimate of drug-likeness (QED) is 0.540. The number of ether oxygens (including phenoxy) is 1. The lowest BCUT2D eigenvalue weighted by Gasteiger charge is -2.24. The molecule has 0 aromatic rings. The maximum atomic E-state index is 11.4. The number of carbonyl (C=O) groups is 2. The second-order valence-corrected chi connectivity index (χ2v) is 4.27. The second-order valence-electron chi connectivity index (χ2n) is 4.27. The molecule has 0 radical (unpaired) electrons. The van der Waals surface area contributed by atoms with Crippen molar-refractivity contribution in [1.82, 2.24) is 10.6 Å². The molecule has 0 aliphatic heterocycles. The third-order valence-electron chi connectivity index (χ3n) is 2.49. The molecule has 6 nitrogen and oxygen atoms in total. The zero-order valence-corrected chi connectivity index (χ0v) is 9.58. The van der Waals surface area contributed by atoms with Crippen LogP contribution in [0.1, 0.15) is 19.8 Å². The molecule has 1 fully saturated rings. The summed E-state index contributed by atoms with van der Waals surface area (Å²) < 4.78 is 4.82. The predicted molar refractivity (Wildman–Crippen MR) is 57.1 cm³/mol. The van der Waals surface area contributed by atoms with E-state index in [0.29, 0.717) is 0 Å². The first kappa shape index (κ1) is 12.9. The summed E-state index contributed by atoms with van der Waals surface area (Å²) in [6.07, 6.45) is 2.03. The number of carboxylic acids is 1. The maximum absolute atomic E-state index is 11.4. The molecule has 1 unspecified atom stereocenters. The zero-order valence-electron chi connectivity index (χ0n) is 9.58. The summed E-state index contributed by atoms with van der Waals surface area (Å²) in [6.45, 7) is 1.49. The molecule has 1 rings (SSSR count). The highest BCUT2D eigenvalue weighted by Crippen LogP contribution is 2.18. The van der Waals surface area contributed by atoms with Crippen LogP contribution in [0.2, 0.25) is 0 Å². The number of carbonyl (C=O) groups excluding carboxylic acids is 1. The lowest BCUT2D eigenvalue weighted by atomic mass is 10.0. The summed E-state index contributed by atoms with van der Waals surface area (Å²) in [6, 6.07) is 0.285. The van der Waals surface area contributed by atoms with E-state index < -0.39 is 11.5 Å². The summed E-state index contributed by atoms with van der Waals surface area (Å²) in [7, 11) is 1.42. The van der Waals surface area contributed by atoms with Crippen molar-refractivity contribution in [2.75, 3.05) is 20.3 Å². The minimum Gasteiger partial charge on any atom is -0.480 e. The fraction of sp³-hybridized carbons (Fsp3) is 0.800. The molecule has 16 heavy (non-hydrogen) atoms. The van der Waals surface area contributed by atoms with Crippen molar-refractivity contribution in [3.63, 3.8) is 0 Å². The number of aliphatic carboxylic acids is 1. The molecule has 1 amide bonds. The Hall–Kier alpha value is -1.14. The number of methoxy groups -OCH3 is 1. The van der Waals surface area contributed by atoms with Crippen molar-refractivity contribution in [3.8, 4) is 0 Å².